The quantitative estimate of drug-likeness (QED) is 0.875. The Balaban J connectivity index is 2.15. The molecule has 2 rings (SSSR count). The fourth-order valence-electron chi connectivity index (χ4n) is 2.92. The third kappa shape index (κ3) is 4.23. The molecule has 0 aliphatic carbocycles. The van der Waals surface area contributed by atoms with Crippen LogP contribution in [0.4, 0.5) is 8.78 Å². The number of hydrogen-bond donors (Lipinski definition) is 1. The third-order valence-corrected chi connectivity index (χ3v) is 5.90. The van der Waals surface area contributed by atoms with E-state index < -0.39 is 21.5 Å². The van der Waals surface area contributed by atoms with Crippen LogP contribution >= 0.6 is 0 Å². The molecule has 0 bridgehead atoms. The van der Waals surface area contributed by atoms with E-state index in [4.69, 9.17) is 0 Å². The van der Waals surface area contributed by atoms with Crippen LogP contribution in [-0.4, -0.2) is 33.0 Å². The summed E-state index contributed by atoms with van der Waals surface area (Å²) in [5.41, 5.74) is 0.321. The lowest BCUT2D eigenvalue weighted by Gasteiger charge is -2.23. The first-order valence-electron chi connectivity index (χ1n) is 7.27. The van der Waals surface area contributed by atoms with E-state index >= 15 is 0 Å². The van der Waals surface area contributed by atoms with E-state index in [-0.39, 0.29) is 23.3 Å². The zero-order chi connectivity index (χ0) is 15.5. The van der Waals surface area contributed by atoms with Gasteiger partial charge in [0.25, 0.3) is 0 Å². The lowest BCUT2D eigenvalue weighted by atomic mass is 9.86. The van der Waals surface area contributed by atoms with E-state index in [2.05, 4.69) is 5.32 Å². The van der Waals surface area contributed by atoms with Crippen molar-refractivity contribution in [2.75, 3.05) is 24.6 Å². The van der Waals surface area contributed by atoms with Crippen LogP contribution in [0.3, 0.4) is 0 Å². The van der Waals surface area contributed by atoms with Gasteiger partial charge >= 0.3 is 0 Å². The Morgan fingerprint density at radius 2 is 2.14 bits per heavy atom. The van der Waals surface area contributed by atoms with E-state index in [1.807, 2.05) is 6.92 Å². The van der Waals surface area contributed by atoms with Crippen LogP contribution in [0.25, 0.3) is 0 Å². The van der Waals surface area contributed by atoms with E-state index in [9.17, 15) is 17.2 Å². The first-order valence-corrected chi connectivity index (χ1v) is 9.09. The zero-order valence-corrected chi connectivity index (χ0v) is 12.9. The predicted molar refractivity (Wildman–Crippen MR) is 78.9 cm³/mol. The maximum absolute atomic E-state index is 13.8. The van der Waals surface area contributed by atoms with Gasteiger partial charge in [-0.2, -0.15) is 0 Å². The van der Waals surface area contributed by atoms with Gasteiger partial charge in [0.15, 0.2) is 21.5 Å². The first-order chi connectivity index (χ1) is 9.93. The summed E-state index contributed by atoms with van der Waals surface area (Å²) in [6, 6.07) is 4.16. The molecule has 3 nitrogen and oxygen atoms in total. The number of nitrogens with one attached hydrogen (secondary N) is 1. The highest BCUT2D eigenvalue weighted by atomic mass is 32.2. The van der Waals surface area contributed by atoms with Gasteiger partial charge in [0, 0.05) is 0 Å². The van der Waals surface area contributed by atoms with Crippen molar-refractivity contribution >= 4 is 9.84 Å². The molecule has 1 aromatic rings. The monoisotopic (exact) mass is 317 g/mol. The lowest BCUT2D eigenvalue weighted by molar-refractivity contribution is 0.340. The molecule has 1 N–H and O–H groups in total. The Morgan fingerprint density at radius 1 is 1.38 bits per heavy atom. The molecule has 21 heavy (non-hydrogen) atoms. The Morgan fingerprint density at radius 3 is 2.76 bits per heavy atom. The van der Waals surface area contributed by atoms with Crippen molar-refractivity contribution < 1.29 is 17.2 Å². The fourth-order valence-corrected chi connectivity index (χ4v) is 4.84. The van der Waals surface area contributed by atoms with Gasteiger partial charge in [0.05, 0.1) is 11.5 Å². The molecule has 0 radical (unpaired) electrons. The molecule has 1 heterocycles. The number of rotatable bonds is 6. The van der Waals surface area contributed by atoms with Gasteiger partial charge in [-0.1, -0.05) is 19.1 Å². The molecular formula is C15H21F2NO2S. The topological polar surface area (TPSA) is 46.2 Å². The molecule has 1 saturated heterocycles. The van der Waals surface area contributed by atoms with Crippen molar-refractivity contribution in [1.82, 2.24) is 5.32 Å². The van der Waals surface area contributed by atoms with Crippen molar-refractivity contribution in [3.63, 3.8) is 0 Å². The second kappa shape index (κ2) is 6.83. The summed E-state index contributed by atoms with van der Waals surface area (Å²) in [5, 5.41) is 3.20. The molecule has 1 aliphatic rings. The first kappa shape index (κ1) is 16.4. The van der Waals surface area contributed by atoms with Gasteiger partial charge < -0.3 is 5.32 Å². The highest BCUT2D eigenvalue weighted by Crippen LogP contribution is 2.29. The molecule has 1 aromatic carbocycles. The summed E-state index contributed by atoms with van der Waals surface area (Å²) in [7, 11) is -2.97. The average molecular weight is 317 g/mol. The number of halogens is 2. The van der Waals surface area contributed by atoms with Crippen molar-refractivity contribution in [1.29, 1.82) is 0 Å². The summed E-state index contributed by atoms with van der Waals surface area (Å²) < 4.78 is 50.4. The number of hydrogen-bond acceptors (Lipinski definition) is 3. The largest absolute Gasteiger partial charge is 0.317 e. The summed E-state index contributed by atoms with van der Waals surface area (Å²) in [6.07, 6.45) is 0.964. The Bertz CT molecular complexity index is 589. The van der Waals surface area contributed by atoms with Crippen LogP contribution in [0.15, 0.2) is 18.2 Å². The molecule has 0 amide bonds. The smallest absolute Gasteiger partial charge is 0.162 e. The van der Waals surface area contributed by atoms with Crippen LogP contribution in [0.2, 0.25) is 0 Å². The SMILES string of the molecule is CCNCC(Cc1cccc(F)c1F)C1CCS(=O)(=O)C1. The Labute approximate surface area is 124 Å². The van der Waals surface area contributed by atoms with Crippen molar-refractivity contribution in [3.05, 3.63) is 35.4 Å². The zero-order valence-electron chi connectivity index (χ0n) is 12.1. The van der Waals surface area contributed by atoms with E-state index in [1.165, 1.54) is 6.07 Å². The minimum Gasteiger partial charge on any atom is -0.317 e. The van der Waals surface area contributed by atoms with Gasteiger partial charge in [-0.05, 0) is 49.4 Å². The fraction of sp³-hybridized carbons (Fsp3) is 0.600. The van der Waals surface area contributed by atoms with Gasteiger partial charge in [-0.25, -0.2) is 17.2 Å². The molecule has 1 fully saturated rings. The summed E-state index contributed by atoms with van der Waals surface area (Å²) in [4.78, 5) is 0. The van der Waals surface area contributed by atoms with Gasteiger partial charge in [0.2, 0.25) is 0 Å². The molecular weight excluding hydrogens is 296 g/mol. The normalized spacial score (nSPS) is 22.3. The second-order valence-electron chi connectivity index (χ2n) is 5.65. The molecule has 1 aliphatic heterocycles. The second-order valence-corrected chi connectivity index (χ2v) is 7.88. The van der Waals surface area contributed by atoms with Crippen molar-refractivity contribution in [2.45, 2.75) is 19.8 Å². The van der Waals surface area contributed by atoms with E-state index in [1.54, 1.807) is 6.07 Å². The standard InChI is InChI=1S/C15H21F2NO2S/c1-2-18-9-13(12-6-7-21(19,20)10-12)8-11-4-3-5-14(16)15(11)17/h3-5,12-13,18H,2,6-10H2,1H3. The molecule has 118 valence electrons. The average Bonchev–Trinajstić information content (AvgIpc) is 2.79. The summed E-state index contributed by atoms with van der Waals surface area (Å²) >= 11 is 0. The maximum Gasteiger partial charge on any atom is 0.162 e. The highest BCUT2D eigenvalue weighted by molar-refractivity contribution is 7.91. The minimum atomic E-state index is -2.97. The predicted octanol–water partition coefficient (Wildman–Crippen LogP) is 2.17. The minimum absolute atomic E-state index is 0.00137. The maximum atomic E-state index is 13.8. The lowest BCUT2D eigenvalue weighted by Crippen LogP contribution is -2.30. The van der Waals surface area contributed by atoms with Crippen molar-refractivity contribution in [3.8, 4) is 0 Å². The molecule has 0 aromatic heterocycles. The van der Waals surface area contributed by atoms with Crippen LogP contribution in [0, 0.1) is 23.5 Å². The van der Waals surface area contributed by atoms with Gasteiger partial charge in [-0.3, -0.25) is 0 Å². The highest BCUT2D eigenvalue weighted by Gasteiger charge is 2.33. The van der Waals surface area contributed by atoms with Crippen LogP contribution in [0.5, 0.6) is 0 Å². The molecule has 6 heteroatoms. The van der Waals surface area contributed by atoms with Gasteiger partial charge in [-0.15, -0.1) is 0 Å². The Kier molecular flexibility index (Phi) is 5.32. The van der Waals surface area contributed by atoms with Crippen LogP contribution < -0.4 is 5.32 Å². The summed E-state index contributed by atoms with van der Waals surface area (Å²) in [6.45, 7) is 3.35. The van der Waals surface area contributed by atoms with Crippen LogP contribution in [-0.2, 0) is 16.3 Å². The van der Waals surface area contributed by atoms with E-state index in [0.29, 0.717) is 24.9 Å². The molecule has 2 atom stereocenters. The molecule has 0 saturated carbocycles. The Hall–Kier alpha value is -1.01. The number of benzene rings is 1. The third-order valence-electron chi connectivity index (χ3n) is 4.10. The van der Waals surface area contributed by atoms with Crippen LogP contribution in [0.1, 0.15) is 18.9 Å². The number of sulfone groups is 1. The molecule has 0 spiro atoms. The summed E-state index contributed by atoms with van der Waals surface area (Å²) in [5.74, 6) is -1.31. The van der Waals surface area contributed by atoms with Crippen molar-refractivity contribution in [2.24, 2.45) is 11.8 Å². The van der Waals surface area contributed by atoms with E-state index in [0.717, 1.165) is 12.6 Å². The molecule has 2 unspecified atom stereocenters. The van der Waals surface area contributed by atoms with Gasteiger partial charge in [0.1, 0.15) is 0 Å².